The summed E-state index contributed by atoms with van der Waals surface area (Å²) in [5, 5.41) is 2.99. The van der Waals surface area contributed by atoms with Crippen molar-refractivity contribution in [2.75, 3.05) is 32.7 Å². The number of carbonyl (C=O) groups is 1. The lowest BCUT2D eigenvalue weighted by Crippen LogP contribution is -2.46. The Hall–Kier alpha value is -1.60. The van der Waals surface area contributed by atoms with Gasteiger partial charge in [-0.25, -0.2) is 0 Å². The second-order valence-electron chi connectivity index (χ2n) is 6.90. The van der Waals surface area contributed by atoms with E-state index in [4.69, 9.17) is 0 Å². The Bertz CT molecular complexity index is 576. The van der Waals surface area contributed by atoms with E-state index in [0.717, 1.165) is 63.3 Å². The fourth-order valence-corrected chi connectivity index (χ4v) is 3.02. The van der Waals surface area contributed by atoms with Crippen LogP contribution in [0, 0.1) is 0 Å². The van der Waals surface area contributed by atoms with Crippen LogP contribution in [0.15, 0.2) is 24.3 Å². The minimum atomic E-state index is -4.28. The molecule has 1 aromatic rings. The van der Waals surface area contributed by atoms with Crippen molar-refractivity contribution >= 4 is 5.91 Å². The van der Waals surface area contributed by atoms with E-state index < -0.39 is 11.7 Å². The summed E-state index contributed by atoms with van der Waals surface area (Å²) in [5.41, 5.74) is 0.288. The summed E-state index contributed by atoms with van der Waals surface area (Å²) < 4.78 is 37.7. The van der Waals surface area contributed by atoms with Crippen molar-refractivity contribution in [2.24, 2.45) is 0 Å². The Balaban J connectivity index is 1.37. The van der Waals surface area contributed by atoms with Crippen LogP contribution in [-0.2, 0) is 17.5 Å². The molecule has 1 aliphatic carbocycles. The zero-order chi connectivity index (χ0) is 17.9. The van der Waals surface area contributed by atoms with Crippen LogP contribution in [0.5, 0.6) is 0 Å². The first-order valence-corrected chi connectivity index (χ1v) is 8.80. The van der Waals surface area contributed by atoms with E-state index in [0.29, 0.717) is 19.0 Å². The lowest BCUT2D eigenvalue weighted by atomic mass is 10.1. The highest BCUT2D eigenvalue weighted by atomic mass is 19.4. The largest absolute Gasteiger partial charge is 0.416 e. The van der Waals surface area contributed by atoms with Crippen molar-refractivity contribution in [2.45, 2.75) is 38.0 Å². The zero-order valence-corrected chi connectivity index (χ0v) is 14.2. The molecule has 7 heteroatoms. The molecule has 138 valence electrons. The maximum Gasteiger partial charge on any atom is 0.416 e. The number of benzene rings is 1. The number of halogens is 3. The Kier molecular flexibility index (Phi) is 5.64. The molecule has 2 aliphatic rings. The van der Waals surface area contributed by atoms with E-state index in [9.17, 15) is 18.0 Å². The average Bonchev–Trinajstić information content (AvgIpc) is 3.38. The molecule has 0 aromatic heterocycles. The fourth-order valence-electron chi connectivity index (χ4n) is 3.02. The van der Waals surface area contributed by atoms with Crippen molar-refractivity contribution in [1.29, 1.82) is 0 Å². The van der Waals surface area contributed by atoms with Gasteiger partial charge < -0.3 is 10.2 Å². The van der Waals surface area contributed by atoms with Crippen molar-refractivity contribution in [3.05, 3.63) is 35.4 Å². The van der Waals surface area contributed by atoms with Gasteiger partial charge in [-0.15, -0.1) is 0 Å². The second-order valence-corrected chi connectivity index (χ2v) is 6.90. The summed E-state index contributed by atoms with van der Waals surface area (Å²) in [6.07, 6.45) is -1.53. The topological polar surface area (TPSA) is 35.6 Å². The molecule has 4 nitrogen and oxygen atoms in total. The highest BCUT2D eigenvalue weighted by Crippen LogP contribution is 2.29. The van der Waals surface area contributed by atoms with Crippen LogP contribution in [0.2, 0.25) is 0 Å². The summed E-state index contributed by atoms with van der Waals surface area (Å²) in [6.45, 7) is 4.94. The molecule has 2 fully saturated rings. The van der Waals surface area contributed by atoms with Gasteiger partial charge >= 0.3 is 6.18 Å². The number of rotatable bonds is 6. The van der Waals surface area contributed by atoms with Gasteiger partial charge in [-0.2, -0.15) is 13.2 Å². The van der Waals surface area contributed by atoms with Gasteiger partial charge in [-0.3, -0.25) is 9.69 Å². The van der Waals surface area contributed by atoms with Crippen molar-refractivity contribution in [3.8, 4) is 0 Å². The first-order valence-electron chi connectivity index (χ1n) is 8.80. The molecular weight excluding hydrogens is 331 g/mol. The number of alkyl halides is 3. The van der Waals surface area contributed by atoms with Crippen LogP contribution in [0.1, 0.15) is 30.4 Å². The van der Waals surface area contributed by atoms with Crippen LogP contribution >= 0.6 is 0 Å². The Morgan fingerprint density at radius 3 is 2.20 bits per heavy atom. The molecular formula is C18H24F3N3O. The quantitative estimate of drug-likeness (QED) is 0.852. The molecule has 1 aromatic carbocycles. The minimum absolute atomic E-state index is 0.134. The number of nitrogens with zero attached hydrogens (tertiary/aromatic N) is 2. The smallest absolute Gasteiger partial charge is 0.353 e. The van der Waals surface area contributed by atoms with Crippen LogP contribution in [0.4, 0.5) is 13.2 Å². The van der Waals surface area contributed by atoms with E-state index in [2.05, 4.69) is 15.1 Å². The van der Waals surface area contributed by atoms with E-state index >= 15 is 0 Å². The molecule has 1 saturated heterocycles. The van der Waals surface area contributed by atoms with Gasteiger partial charge in [-0.05, 0) is 30.5 Å². The molecule has 0 radical (unpaired) electrons. The Labute approximate surface area is 146 Å². The predicted molar refractivity (Wildman–Crippen MR) is 88.9 cm³/mol. The summed E-state index contributed by atoms with van der Waals surface area (Å²) in [4.78, 5) is 16.2. The third kappa shape index (κ3) is 5.71. The number of piperazine rings is 1. The molecule has 0 atom stereocenters. The summed E-state index contributed by atoms with van der Waals surface area (Å²) >= 11 is 0. The Morgan fingerprint density at radius 2 is 1.64 bits per heavy atom. The van der Waals surface area contributed by atoms with Crippen LogP contribution in [0.25, 0.3) is 0 Å². The zero-order valence-electron chi connectivity index (χ0n) is 14.2. The highest BCUT2D eigenvalue weighted by Gasteiger charge is 2.30. The fraction of sp³-hybridized carbons (Fsp3) is 0.611. The molecule has 25 heavy (non-hydrogen) atoms. The van der Waals surface area contributed by atoms with Crippen molar-refractivity contribution in [3.63, 3.8) is 0 Å². The van der Waals surface area contributed by atoms with E-state index in [1.54, 1.807) is 12.1 Å². The van der Waals surface area contributed by atoms with E-state index in [1.165, 1.54) is 0 Å². The minimum Gasteiger partial charge on any atom is -0.353 e. The van der Waals surface area contributed by atoms with Gasteiger partial charge in [0.05, 0.1) is 5.56 Å². The van der Waals surface area contributed by atoms with Gasteiger partial charge in [-0.1, -0.05) is 12.1 Å². The maximum atomic E-state index is 12.6. The standard InChI is InChI=1S/C18H24F3N3O/c19-18(20,21)15-3-1-14(2-4-15)13-24-11-9-23(10-12-24)8-7-17(25)22-16-5-6-16/h1-4,16H,5-13H2,(H,22,25). The molecule has 1 saturated carbocycles. The highest BCUT2D eigenvalue weighted by molar-refractivity contribution is 5.76. The average molecular weight is 355 g/mol. The lowest BCUT2D eigenvalue weighted by Gasteiger charge is -2.34. The summed E-state index contributed by atoms with van der Waals surface area (Å²) in [6, 6.07) is 5.80. The van der Waals surface area contributed by atoms with Gasteiger partial charge in [0.15, 0.2) is 0 Å². The molecule has 1 heterocycles. The number of amides is 1. The normalized spacial score (nSPS) is 19.8. The molecule has 1 N–H and O–H groups in total. The molecule has 1 amide bonds. The van der Waals surface area contributed by atoms with Gasteiger partial charge in [0, 0.05) is 51.7 Å². The third-order valence-electron chi connectivity index (χ3n) is 4.75. The maximum absolute atomic E-state index is 12.6. The molecule has 1 aliphatic heterocycles. The van der Waals surface area contributed by atoms with Crippen LogP contribution in [0.3, 0.4) is 0 Å². The van der Waals surface area contributed by atoms with Gasteiger partial charge in [0.1, 0.15) is 0 Å². The first kappa shape index (κ1) is 18.2. The summed E-state index contributed by atoms with van der Waals surface area (Å²) in [7, 11) is 0. The second kappa shape index (κ2) is 7.74. The van der Waals surface area contributed by atoms with Crippen LogP contribution in [-0.4, -0.2) is 54.5 Å². The molecule has 0 bridgehead atoms. The van der Waals surface area contributed by atoms with Crippen molar-refractivity contribution in [1.82, 2.24) is 15.1 Å². The molecule has 0 unspecified atom stereocenters. The van der Waals surface area contributed by atoms with Crippen molar-refractivity contribution < 1.29 is 18.0 Å². The van der Waals surface area contributed by atoms with Gasteiger partial charge in [0.2, 0.25) is 5.91 Å². The monoisotopic (exact) mass is 355 g/mol. The molecule has 0 spiro atoms. The lowest BCUT2D eigenvalue weighted by molar-refractivity contribution is -0.137. The predicted octanol–water partition coefficient (Wildman–Crippen LogP) is 2.49. The van der Waals surface area contributed by atoms with Crippen LogP contribution < -0.4 is 5.32 Å². The summed E-state index contributed by atoms with van der Waals surface area (Å²) in [5.74, 6) is 0.134. The van der Waals surface area contributed by atoms with Gasteiger partial charge in [0.25, 0.3) is 0 Å². The van der Waals surface area contributed by atoms with E-state index in [1.807, 2.05) is 0 Å². The third-order valence-corrected chi connectivity index (χ3v) is 4.75. The SMILES string of the molecule is O=C(CCN1CCN(Cc2ccc(C(F)(F)F)cc2)CC1)NC1CC1. The Morgan fingerprint density at radius 1 is 1.04 bits per heavy atom. The molecule has 3 rings (SSSR count). The number of nitrogens with one attached hydrogen (secondary N) is 1. The number of hydrogen-bond donors (Lipinski definition) is 1. The first-order chi connectivity index (χ1) is 11.9. The number of hydrogen-bond acceptors (Lipinski definition) is 3. The van der Waals surface area contributed by atoms with E-state index in [-0.39, 0.29) is 5.91 Å². The number of carbonyl (C=O) groups excluding carboxylic acids is 1.